The molecule has 0 fully saturated rings. The predicted octanol–water partition coefficient (Wildman–Crippen LogP) is 4.39. The quantitative estimate of drug-likeness (QED) is 0.462. The molecular weight excluding hydrogens is 212 g/mol. The molecule has 1 aliphatic rings. The van der Waals surface area contributed by atoms with Crippen molar-refractivity contribution in [3.05, 3.63) is 11.6 Å². The predicted molar refractivity (Wildman–Crippen MR) is 70.9 cm³/mol. The van der Waals surface area contributed by atoms with Gasteiger partial charge in [0.1, 0.15) is 0 Å². The summed E-state index contributed by atoms with van der Waals surface area (Å²) in [7, 11) is 0. The normalized spacial score (nSPS) is 25.0. The molecule has 2 nitrogen and oxygen atoms in total. The molecule has 0 radical (unpaired) electrons. The maximum atomic E-state index is 11.3. The summed E-state index contributed by atoms with van der Waals surface area (Å²) < 4.78 is 5.18. The van der Waals surface area contributed by atoms with Crippen LogP contribution in [0.25, 0.3) is 0 Å². The van der Waals surface area contributed by atoms with Crippen molar-refractivity contribution < 1.29 is 9.53 Å². The molecule has 0 aromatic carbocycles. The highest BCUT2D eigenvalue weighted by molar-refractivity contribution is 5.69. The maximum Gasteiger partial charge on any atom is 0.305 e. The first kappa shape index (κ1) is 14.3. The average molecular weight is 238 g/mol. The highest BCUT2D eigenvalue weighted by atomic mass is 16.5. The Labute approximate surface area is 105 Å². The van der Waals surface area contributed by atoms with Crippen LogP contribution >= 0.6 is 0 Å². The van der Waals surface area contributed by atoms with Crippen molar-refractivity contribution in [2.24, 2.45) is 0 Å². The van der Waals surface area contributed by atoms with Gasteiger partial charge in [-0.25, -0.2) is 0 Å². The maximum absolute atomic E-state index is 11.3. The second-order valence-corrected chi connectivity index (χ2v) is 5.03. The summed E-state index contributed by atoms with van der Waals surface area (Å²) in [5.74, 6) is -0.0134. The first-order valence-electron chi connectivity index (χ1n) is 7.10. The molecule has 0 saturated carbocycles. The summed E-state index contributed by atoms with van der Waals surface area (Å²) >= 11 is 0. The Bertz CT molecular complexity index is 243. The van der Waals surface area contributed by atoms with Gasteiger partial charge in [0.25, 0.3) is 0 Å². The largest absolute Gasteiger partial charge is 0.466 e. The molecule has 0 spiro atoms. The van der Waals surface area contributed by atoms with Gasteiger partial charge in [0.05, 0.1) is 6.61 Å². The van der Waals surface area contributed by atoms with Gasteiger partial charge in [-0.05, 0) is 45.4 Å². The van der Waals surface area contributed by atoms with Gasteiger partial charge in [-0.15, -0.1) is 0 Å². The summed E-state index contributed by atoms with van der Waals surface area (Å²) in [6.45, 7) is 2.85. The fourth-order valence-electron chi connectivity index (χ4n) is 2.16. The van der Waals surface area contributed by atoms with Crippen LogP contribution in [0.3, 0.4) is 0 Å². The number of esters is 1. The van der Waals surface area contributed by atoms with Crippen molar-refractivity contribution in [2.45, 2.75) is 71.1 Å². The molecule has 98 valence electrons. The summed E-state index contributed by atoms with van der Waals surface area (Å²) in [6, 6.07) is 0. The van der Waals surface area contributed by atoms with Crippen LogP contribution in [-0.4, -0.2) is 12.6 Å². The standard InChI is InChI=1S/C15H26O2/c1-14-10-6-3-2-4-9-13-17-15(16)12-8-5-7-11-14/h11H,2-10,12-13H2,1H3/b14-11-. The van der Waals surface area contributed by atoms with Crippen molar-refractivity contribution in [3.63, 3.8) is 0 Å². The summed E-state index contributed by atoms with van der Waals surface area (Å²) in [5, 5.41) is 0. The van der Waals surface area contributed by atoms with E-state index in [-0.39, 0.29) is 5.97 Å². The smallest absolute Gasteiger partial charge is 0.305 e. The third-order valence-corrected chi connectivity index (χ3v) is 3.31. The van der Waals surface area contributed by atoms with Gasteiger partial charge in [0, 0.05) is 6.42 Å². The molecule has 0 saturated heterocycles. The number of hydrogen-bond donors (Lipinski definition) is 0. The van der Waals surface area contributed by atoms with E-state index >= 15 is 0 Å². The number of rotatable bonds is 0. The van der Waals surface area contributed by atoms with Crippen molar-refractivity contribution in [1.82, 2.24) is 0 Å². The Morgan fingerprint density at radius 1 is 0.941 bits per heavy atom. The highest BCUT2D eigenvalue weighted by Crippen LogP contribution is 2.13. The minimum absolute atomic E-state index is 0.0134. The second kappa shape index (κ2) is 9.26. The molecule has 0 aromatic rings. The van der Waals surface area contributed by atoms with Crippen LogP contribution < -0.4 is 0 Å². The molecule has 0 aliphatic carbocycles. The zero-order valence-electron chi connectivity index (χ0n) is 11.2. The number of ether oxygens (including phenoxy) is 1. The number of carbonyl (C=O) groups is 1. The topological polar surface area (TPSA) is 26.3 Å². The Kier molecular flexibility index (Phi) is 7.78. The molecule has 2 heteroatoms. The van der Waals surface area contributed by atoms with Crippen LogP contribution in [0, 0.1) is 0 Å². The zero-order valence-corrected chi connectivity index (χ0v) is 11.2. The van der Waals surface area contributed by atoms with Gasteiger partial charge in [0.2, 0.25) is 0 Å². The van der Waals surface area contributed by atoms with Crippen LogP contribution in [0.4, 0.5) is 0 Å². The molecule has 17 heavy (non-hydrogen) atoms. The van der Waals surface area contributed by atoms with Gasteiger partial charge >= 0.3 is 5.97 Å². The first-order valence-corrected chi connectivity index (χ1v) is 7.10. The van der Waals surface area contributed by atoms with Crippen molar-refractivity contribution >= 4 is 5.97 Å². The lowest BCUT2D eigenvalue weighted by Crippen LogP contribution is -2.05. The molecule has 1 aliphatic heterocycles. The van der Waals surface area contributed by atoms with Crippen molar-refractivity contribution in [3.8, 4) is 0 Å². The molecule has 0 amide bonds. The number of carbonyl (C=O) groups excluding carboxylic acids is 1. The molecule has 0 atom stereocenters. The SMILES string of the molecule is C/C1=C/CCCCC(=O)OCCCCCCC1. The molecule has 0 N–H and O–H groups in total. The molecule has 1 rings (SSSR count). The number of hydrogen-bond acceptors (Lipinski definition) is 2. The van der Waals surface area contributed by atoms with Crippen molar-refractivity contribution in [2.75, 3.05) is 6.61 Å². The van der Waals surface area contributed by atoms with E-state index in [0.717, 1.165) is 25.7 Å². The number of cyclic esters (lactones) is 1. The van der Waals surface area contributed by atoms with Crippen LogP contribution in [-0.2, 0) is 9.53 Å². The van der Waals surface area contributed by atoms with Crippen LogP contribution in [0.15, 0.2) is 11.6 Å². The molecule has 0 bridgehead atoms. The Morgan fingerprint density at radius 2 is 1.65 bits per heavy atom. The monoisotopic (exact) mass is 238 g/mol. The zero-order chi connectivity index (χ0) is 12.3. The highest BCUT2D eigenvalue weighted by Gasteiger charge is 2.02. The lowest BCUT2D eigenvalue weighted by molar-refractivity contribution is -0.143. The summed E-state index contributed by atoms with van der Waals surface area (Å²) in [5.41, 5.74) is 1.52. The third kappa shape index (κ3) is 8.00. The van der Waals surface area contributed by atoms with E-state index in [0.29, 0.717) is 13.0 Å². The Balaban J connectivity index is 2.29. The molecule has 0 unspecified atom stereocenters. The van der Waals surface area contributed by atoms with E-state index in [1.54, 1.807) is 0 Å². The lowest BCUT2D eigenvalue weighted by atomic mass is 10.1. The minimum Gasteiger partial charge on any atom is -0.466 e. The summed E-state index contributed by atoms with van der Waals surface area (Å²) in [4.78, 5) is 11.3. The van der Waals surface area contributed by atoms with Crippen LogP contribution in [0.5, 0.6) is 0 Å². The Hall–Kier alpha value is -0.790. The van der Waals surface area contributed by atoms with Crippen LogP contribution in [0.1, 0.15) is 71.1 Å². The van der Waals surface area contributed by atoms with E-state index in [4.69, 9.17) is 4.74 Å². The van der Waals surface area contributed by atoms with Gasteiger partial charge in [-0.2, -0.15) is 0 Å². The first-order chi connectivity index (χ1) is 8.29. The van der Waals surface area contributed by atoms with E-state index in [1.807, 2.05) is 0 Å². The van der Waals surface area contributed by atoms with E-state index in [1.165, 1.54) is 37.7 Å². The van der Waals surface area contributed by atoms with Gasteiger partial charge < -0.3 is 4.74 Å². The van der Waals surface area contributed by atoms with E-state index < -0.39 is 0 Å². The summed E-state index contributed by atoms with van der Waals surface area (Å²) in [6.07, 6.45) is 13.4. The molecular formula is C15H26O2. The fraction of sp³-hybridized carbons (Fsp3) is 0.800. The molecule has 0 aromatic heterocycles. The third-order valence-electron chi connectivity index (χ3n) is 3.31. The average Bonchev–Trinajstić information content (AvgIpc) is 2.31. The fourth-order valence-corrected chi connectivity index (χ4v) is 2.16. The number of allylic oxidation sites excluding steroid dienone is 2. The van der Waals surface area contributed by atoms with E-state index in [9.17, 15) is 4.79 Å². The van der Waals surface area contributed by atoms with Crippen molar-refractivity contribution in [1.29, 1.82) is 0 Å². The van der Waals surface area contributed by atoms with Gasteiger partial charge in [-0.3, -0.25) is 4.79 Å². The van der Waals surface area contributed by atoms with Gasteiger partial charge in [0.15, 0.2) is 0 Å². The second-order valence-electron chi connectivity index (χ2n) is 5.03. The lowest BCUT2D eigenvalue weighted by Gasteiger charge is -2.04. The Morgan fingerprint density at radius 3 is 2.53 bits per heavy atom. The molecule has 1 heterocycles. The van der Waals surface area contributed by atoms with E-state index in [2.05, 4.69) is 13.0 Å². The van der Waals surface area contributed by atoms with Crippen LogP contribution in [0.2, 0.25) is 0 Å². The van der Waals surface area contributed by atoms with Gasteiger partial charge in [-0.1, -0.05) is 30.9 Å². The minimum atomic E-state index is -0.0134.